The minimum absolute atomic E-state index is 0.390. The zero-order valence-corrected chi connectivity index (χ0v) is 22.3. The molecule has 4 rings (SSSR count). The lowest BCUT2D eigenvalue weighted by Gasteiger charge is -2.32. The zero-order chi connectivity index (χ0) is 26.4. The normalized spacial score (nSPS) is 14.4. The van der Waals surface area contributed by atoms with E-state index in [1.54, 1.807) is 20.4 Å². The summed E-state index contributed by atoms with van der Waals surface area (Å²) in [6.45, 7) is 9.48. The Kier molecular flexibility index (Phi) is 8.68. The van der Waals surface area contributed by atoms with Crippen LogP contribution in [0.25, 0.3) is 10.9 Å². The minimum Gasteiger partial charge on any atom is -0.493 e. The third kappa shape index (κ3) is 6.61. The van der Waals surface area contributed by atoms with Crippen molar-refractivity contribution < 1.29 is 23.7 Å². The number of hydrogen-bond acceptors (Lipinski definition) is 8. The van der Waals surface area contributed by atoms with Gasteiger partial charge in [0.15, 0.2) is 11.5 Å². The standard InChI is InChI=1S/C28H36N4O5/c1-19-16-25(37-24-7-8-29-23-18-27(35-5)26(34-4)17-21(23)24)20(2)15-22(19)30-28(33)36-14-6-9-32-12-10-31(3)11-13-32/h7-8,15-18H,6,9-14H2,1-5H3,(H,30,33). The molecular weight excluding hydrogens is 472 g/mol. The molecule has 1 amide bonds. The number of piperazine rings is 1. The summed E-state index contributed by atoms with van der Waals surface area (Å²) >= 11 is 0. The second-order valence-electron chi connectivity index (χ2n) is 9.33. The molecule has 0 bridgehead atoms. The molecule has 0 saturated carbocycles. The number of benzene rings is 2. The van der Waals surface area contributed by atoms with Crippen LogP contribution in [-0.4, -0.2) is 81.5 Å². The van der Waals surface area contributed by atoms with E-state index in [4.69, 9.17) is 18.9 Å². The molecule has 198 valence electrons. The van der Waals surface area contributed by atoms with E-state index in [-0.39, 0.29) is 0 Å². The van der Waals surface area contributed by atoms with Crippen LogP contribution in [0.5, 0.6) is 23.0 Å². The third-order valence-corrected chi connectivity index (χ3v) is 6.63. The van der Waals surface area contributed by atoms with Gasteiger partial charge in [-0.1, -0.05) is 0 Å². The maximum absolute atomic E-state index is 12.4. The zero-order valence-electron chi connectivity index (χ0n) is 22.3. The van der Waals surface area contributed by atoms with E-state index in [9.17, 15) is 4.79 Å². The maximum atomic E-state index is 12.4. The Labute approximate surface area is 218 Å². The molecule has 1 N–H and O–H groups in total. The van der Waals surface area contributed by atoms with Gasteiger partial charge in [-0.05, 0) is 62.7 Å². The summed E-state index contributed by atoms with van der Waals surface area (Å²) in [5, 5.41) is 3.67. The summed E-state index contributed by atoms with van der Waals surface area (Å²) in [7, 11) is 5.33. The number of pyridine rings is 1. The van der Waals surface area contributed by atoms with Gasteiger partial charge in [-0.3, -0.25) is 10.3 Å². The average Bonchev–Trinajstić information content (AvgIpc) is 2.89. The predicted octanol–water partition coefficient (Wildman–Crippen LogP) is 4.85. The number of aryl methyl sites for hydroxylation is 2. The number of ether oxygens (including phenoxy) is 4. The Bertz CT molecular complexity index is 1240. The summed E-state index contributed by atoms with van der Waals surface area (Å²) in [6.07, 6.45) is 2.07. The predicted molar refractivity (Wildman–Crippen MR) is 144 cm³/mol. The lowest BCUT2D eigenvalue weighted by atomic mass is 10.1. The summed E-state index contributed by atoms with van der Waals surface area (Å²) in [6, 6.07) is 9.29. The van der Waals surface area contributed by atoms with Crippen molar-refractivity contribution in [3.63, 3.8) is 0 Å². The molecule has 9 nitrogen and oxygen atoms in total. The quantitative estimate of drug-likeness (QED) is 0.411. The third-order valence-electron chi connectivity index (χ3n) is 6.63. The molecule has 2 aromatic carbocycles. The molecule has 3 aromatic rings. The highest BCUT2D eigenvalue weighted by molar-refractivity contribution is 5.89. The highest BCUT2D eigenvalue weighted by atomic mass is 16.5. The van der Waals surface area contributed by atoms with Crippen LogP contribution in [-0.2, 0) is 4.74 Å². The number of hydrogen-bond donors (Lipinski definition) is 1. The number of nitrogens with zero attached hydrogens (tertiary/aromatic N) is 3. The Balaban J connectivity index is 1.38. The molecule has 0 unspecified atom stereocenters. The summed E-state index contributed by atoms with van der Waals surface area (Å²) in [5.41, 5.74) is 3.17. The monoisotopic (exact) mass is 508 g/mol. The van der Waals surface area contributed by atoms with Crippen LogP contribution in [0.2, 0.25) is 0 Å². The van der Waals surface area contributed by atoms with Crippen molar-refractivity contribution in [2.75, 3.05) is 65.9 Å². The molecular formula is C28H36N4O5. The van der Waals surface area contributed by atoms with Gasteiger partial charge in [0.1, 0.15) is 11.5 Å². The molecule has 1 aromatic heterocycles. The molecule has 0 aliphatic carbocycles. The van der Waals surface area contributed by atoms with E-state index in [0.717, 1.165) is 61.2 Å². The SMILES string of the molecule is COc1cc2nccc(Oc3cc(C)c(NC(=O)OCCCN4CCN(C)CC4)cc3C)c2cc1OC. The first-order valence-corrected chi connectivity index (χ1v) is 12.5. The van der Waals surface area contributed by atoms with Crippen LogP contribution in [0.1, 0.15) is 17.5 Å². The molecule has 0 spiro atoms. The van der Waals surface area contributed by atoms with Gasteiger partial charge in [-0.25, -0.2) is 4.79 Å². The average molecular weight is 509 g/mol. The van der Waals surface area contributed by atoms with Crippen molar-refractivity contribution in [3.05, 3.63) is 47.7 Å². The number of carbonyl (C=O) groups excluding carboxylic acids is 1. The second-order valence-corrected chi connectivity index (χ2v) is 9.33. The van der Waals surface area contributed by atoms with Crippen molar-refractivity contribution in [3.8, 4) is 23.0 Å². The van der Waals surface area contributed by atoms with Crippen molar-refractivity contribution in [1.82, 2.24) is 14.8 Å². The first kappa shape index (κ1) is 26.5. The fraction of sp³-hybridized carbons (Fsp3) is 0.429. The van der Waals surface area contributed by atoms with Crippen LogP contribution < -0.4 is 19.5 Å². The molecule has 37 heavy (non-hydrogen) atoms. The fourth-order valence-electron chi connectivity index (χ4n) is 4.36. The number of rotatable bonds is 9. The fourth-order valence-corrected chi connectivity index (χ4v) is 4.36. The van der Waals surface area contributed by atoms with Crippen molar-refractivity contribution in [2.24, 2.45) is 0 Å². The Morgan fingerprint density at radius 1 is 0.946 bits per heavy atom. The van der Waals surface area contributed by atoms with E-state index in [1.807, 2.05) is 44.2 Å². The van der Waals surface area contributed by atoms with Gasteiger partial charge in [-0.2, -0.15) is 0 Å². The number of amides is 1. The summed E-state index contributed by atoms with van der Waals surface area (Å²) in [5.74, 6) is 2.54. The van der Waals surface area contributed by atoms with Crippen LogP contribution in [0.15, 0.2) is 36.5 Å². The van der Waals surface area contributed by atoms with E-state index < -0.39 is 6.09 Å². The van der Waals surface area contributed by atoms with Gasteiger partial charge in [0.2, 0.25) is 0 Å². The topological polar surface area (TPSA) is 85.4 Å². The van der Waals surface area contributed by atoms with Crippen molar-refractivity contribution >= 4 is 22.7 Å². The van der Waals surface area contributed by atoms with E-state index in [0.29, 0.717) is 35.3 Å². The summed E-state index contributed by atoms with van der Waals surface area (Å²) < 4.78 is 22.6. The van der Waals surface area contributed by atoms with Gasteiger partial charge < -0.3 is 28.7 Å². The molecule has 1 aliphatic heterocycles. The molecule has 1 fully saturated rings. The Hall–Kier alpha value is -3.56. The lowest BCUT2D eigenvalue weighted by molar-refractivity contribution is 0.130. The van der Waals surface area contributed by atoms with Gasteiger partial charge in [0, 0.05) is 56.1 Å². The Morgan fingerprint density at radius 3 is 2.41 bits per heavy atom. The van der Waals surface area contributed by atoms with Crippen LogP contribution in [0.3, 0.4) is 0 Å². The smallest absolute Gasteiger partial charge is 0.411 e. The molecule has 0 radical (unpaired) electrons. The number of anilines is 1. The molecule has 0 atom stereocenters. The highest BCUT2D eigenvalue weighted by Crippen LogP contribution is 2.38. The van der Waals surface area contributed by atoms with Crippen LogP contribution in [0, 0.1) is 13.8 Å². The number of carbonyl (C=O) groups is 1. The highest BCUT2D eigenvalue weighted by Gasteiger charge is 2.15. The Morgan fingerprint density at radius 2 is 1.68 bits per heavy atom. The first-order valence-electron chi connectivity index (χ1n) is 12.5. The first-order chi connectivity index (χ1) is 17.9. The number of nitrogens with one attached hydrogen (secondary N) is 1. The molecule has 1 saturated heterocycles. The van der Waals surface area contributed by atoms with E-state index in [2.05, 4.69) is 27.1 Å². The van der Waals surface area contributed by atoms with Gasteiger partial charge >= 0.3 is 6.09 Å². The molecule has 1 aliphatic rings. The molecule has 9 heteroatoms. The number of fused-ring (bicyclic) bond motifs is 1. The van der Waals surface area contributed by atoms with Crippen LogP contribution >= 0.6 is 0 Å². The maximum Gasteiger partial charge on any atom is 0.411 e. The van der Waals surface area contributed by atoms with Gasteiger partial charge in [0.25, 0.3) is 0 Å². The molecule has 2 heterocycles. The minimum atomic E-state index is -0.448. The lowest BCUT2D eigenvalue weighted by Crippen LogP contribution is -2.44. The van der Waals surface area contributed by atoms with Gasteiger partial charge in [0.05, 0.1) is 26.3 Å². The van der Waals surface area contributed by atoms with Crippen molar-refractivity contribution in [2.45, 2.75) is 20.3 Å². The number of methoxy groups -OCH3 is 2. The van der Waals surface area contributed by atoms with Crippen molar-refractivity contribution in [1.29, 1.82) is 0 Å². The number of likely N-dealkylation sites (N-methyl/N-ethyl adjacent to an activating group) is 1. The van der Waals surface area contributed by atoms with Crippen LogP contribution in [0.4, 0.5) is 10.5 Å². The summed E-state index contributed by atoms with van der Waals surface area (Å²) in [4.78, 5) is 21.6. The number of aromatic nitrogens is 1. The largest absolute Gasteiger partial charge is 0.493 e. The second kappa shape index (κ2) is 12.1. The van der Waals surface area contributed by atoms with E-state index in [1.165, 1.54) is 0 Å². The van der Waals surface area contributed by atoms with Gasteiger partial charge in [-0.15, -0.1) is 0 Å². The van der Waals surface area contributed by atoms with E-state index >= 15 is 0 Å².